The van der Waals surface area contributed by atoms with Gasteiger partial charge in [-0.3, -0.25) is 4.57 Å². The van der Waals surface area contributed by atoms with Gasteiger partial charge in [0.05, 0.1) is 0 Å². The highest BCUT2D eigenvalue weighted by molar-refractivity contribution is 6.31. The molecule has 0 unspecified atom stereocenters. The van der Waals surface area contributed by atoms with E-state index in [0.29, 0.717) is 5.82 Å². The highest BCUT2D eigenvalue weighted by Gasteiger charge is 2.25. The molecule has 0 bridgehead atoms. The monoisotopic (exact) mass is 203 g/mol. The highest BCUT2D eigenvalue weighted by Crippen LogP contribution is 2.26. The van der Waals surface area contributed by atoms with Crippen LogP contribution in [-0.4, -0.2) is 14.5 Å². The van der Waals surface area contributed by atoms with Gasteiger partial charge in [-0.05, 0) is 9.91 Å². The average molecular weight is 204 g/mol. The summed E-state index contributed by atoms with van der Waals surface area (Å²) in [5.41, 5.74) is 0. The molecule has 1 aromatic rings. The predicted octanol–water partition coefficient (Wildman–Crippen LogP) is 2.11. The van der Waals surface area contributed by atoms with Gasteiger partial charge in [0.25, 0.3) is 0 Å². The van der Waals surface area contributed by atoms with Gasteiger partial charge in [0.2, 0.25) is 11.0 Å². The van der Waals surface area contributed by atoms with Crippen molar-refractivity contribution in [1.82, 2.24) is 9.55 Å². The second kappa shape index (κ2) is 3.33. The molecule has 1 rings (SSSR count). The summed E-state index contributed by atoms with van der Waals surface area (Å²) in [6, 6.07) is 0. The second-order valence-electron chi connectivity index (χ2n) is 3.06. The van der Waals surface area contributed by atoms with Gasteiger partial charge in [-0.1, -0.05) is 25.4 Å². The van der Waals surface area contributed by atoms with Gasteiger partial charge in [0.15, 0.2) is 0 Å². The maximum atomic E-state index is 10.5. The maximum Gasteiger partial charge on any atom is 0.401 e. The normalized spacial score (nSPS) is 10.8. The predicted molar refractivity (Wildman–Crippen MR) is 49.0 cm³/mol. The summed E-state index contributed by atoms with van der Waals surface area (Å²) in [6.45, 7) is 3.81. The number of hydrogen-bond acceptors (Lipinski definition) is 3. The summed E-state index contributed by atoms with van der Waals surface area (Å²) < 4.78 is 1.53. The van der Waals surface area contributed by atoms with Crippen molar-refractivity contribution in [3.05, 3.63) is 21.1 Å². The van der Waals surface area contributed by atoms with Crippen LogP contribution in [0, 0.1) is 10.1 Å². The van der Waals surface area contributed by atoms with Crippen LogP contribution in [0.3, 0.4) is 0 Å². The molecule has 0 aromatic carbocycles. The van der Waals surface area contributed by atoms with E-state index in [1.165, 1.54) is 4.57 Å². The Balaban J connectivity index is 3.28. The Hall–Kier alpha value is -1.10. The minimum absolute atomic E-state index is 0.0775. The summed E-state index contributed by atoms with van der Waals surface area (Å²) in [6.07, 6.45) is 0. The molecule has 0 aliphatic rings. The number of hydrogen-bond donors (Lipinski definition) is 0. The SMILES string of the molecule is CC(C)c1nc([N+](=O)[O-])c(Cl)n1C. The number of rotatable bonds is 2. The van der Waals surface area contributed by atoms with Crippen molar-refractivity contribution in [3.63, 3.8) is 0 Å². The summed E-state index contributed by atoms with van der Waals surface area (Å²) in [5.74, 6) is 0.473. The molecule has 5 nitrogen and oxygen atoms in total. The van der Waals surface area contributed by atoms with Crippen molar-refractivity contribution in [2.75, 3.05) is 0 Å². The van der Waals surface area contributed by atoms with Gasteiger partial charge in [-0.15, -0.1) is 0 Å². The van der Waals surface area contributed by atoms with Crippen LogP contribution >= 0.6 is 11.6 Å². The molecular weight excluding hydrogens is 194 g/mol. The fourth-order valence-electron chi connectivity index (χ4n) is 1.11. The van der Waals surface area contributed by atoms with E-state index in [2.05, 4.69) is 4.98 Å². The zero-order chi connectivity index (χ0) is 10.2. The Morgan fingerprint density at radius 1 is 1.62 bits per heavy atom. The number of halogens is 1. The topological polar surface area (TPSA) is 61.0 Å². The van der Waals surface area contributed by atoms with E-state index in [1.807, 2.05) is 13.8 Å². The second-order valence-corrected chi connectivity index (χ2v) is 3.41. The zero-order valence-electron chi connectivity index (χ0n) is 7.61. The third-order valence-corrected chi connectivity index (χ3v) is 2.16. The van der Waals surface area contributed by atoms with E-state index < -0.39 is 4.92 Å². The summed E-state index contributed by atoms with van der Waals surface area (Å²) in [5, 5.41) is 10.5. The molecule has 1 heterocycles. The standard InChI is InChI=1S/C7H10ClN3O2/c1-4(2)6-9-7(11(12)13)5(8)10(6)3/h4H,1-3H3. The van der Waals surface area contributed by atoms with Crippen LogP contribution in [0.4, 0.5) is 5.82 Å². The molecule has 0 N–H and O–H groups in total. The van der Waals surface area contributed by atoms with E-state index in [4.69, 9.17) is 11.6 Å². The Kier molecular flexibility index (Phi) is 2.56. The van der Waals surface area contributed by atoms with E-state index in [1.54, 1.807) is 7.05 Å². The minimum atomic E-state index is -0.575. The van der Waals surface area contributed by atoms with Crippen LogP contribution in [0.25, 0.3) is 0 Å². The number of aromatic nitrogens is 2. The van der Waals surface area contributed by atoms with Gasteiger partial charge in [-0.2, -0.15) is 0 Å². The lowest BCUT2D eigenvalue weighted by molar-refractivity contribution is -0.389. The molecule has 0 fully saturated rings. The largest absolute Gasteiger partial charge is 0.401 e. The summed E-state index contributed by atoms with van der Waals surface area (Å²) >= 11 is 5.71. The summed E-state index contributed by atoms with van der Waals surface area (Å²) in [7, 11) is 1.66. The summed E-state index contributed by atoms with van der Waals surface area (Å²) in [4.78, 5) is 13.7. The van der Waals surface area contributed by atoms with Crippen LogP contribution in [-0.2, 0) is 7.05 Å². The Morgan fingerprint density at radius 3 is 2.38 bits per heavy atom. The first kappa shape index (κ1) is 9.98. The molecule has 0 aliphatic carbocycles. The highest BCUT2D eigenvalue weighted by atomic mass is 35.5. The van der Waals surface area contributed by atoms with Gasteiger partial charge in [-0.25, -0.2) is 0 Å². The van der Waals surface area contributed by atoms with Crippen LogP contribution in [0.15, 0.2) is 0 Å². The van der Waals surface area contributed by atoms with E-state index in [9.17, 15) is 10.1 Å². The lowest BCUT2D eigenvalue weighted by Gasteiger charge is -1.98. The first-order valence-electron chi connectivity index (χ1n) is 3.81. The molecule has 13 heavy (non-hydrogen) atoms. The molecule has 0 radical (unpaired) electrons. The third kappa shape index (κ3) is 1.65. The molecule has 0 saturated heterocycles. The van der Waals surface area contributed by atoms with Crippen LogP contribution in [0.1, 0.15) is 25.6 Å². The van der Waals surface area contributed by atoms with E-state index in [0.717, 1.165) is 0 Å². The first-order chi connectivity index (χ1) is 5.95. The maximum absolute atomic E-state index is 10.5. The van der Waals surface area contributed by atoms with Gasteiger partial charge < -0.3 is 10.1 Å². The van der Waals surface area contributed by atoms with Crippen molar-refractivity contribution in [2.45, 2.75) is 19.8 Å². The van der Waals surface area contributed by atoms with E-state index >= 15 is 0 Å². The molecular formula is C7H10ClN3O2. The van der Waals surface area contributed by atoms with Gasteiger partial charge >= 0.3 is 5.82 Å². The molecule has 72 valence electrons. The number of nitro groups is 1. The van der Waals surface area contributed by atoms with Crippen molar-refractivity contribution >= 4 is 17.4 Å². The molecule has 0 amide bonds. The van der Waals surface area contributed by atoms with Gasteiger partial charge in [0, 0.05) is 13.0 Å². The van der Waals surface area contributed by atoms with Crippen LogP contribution < -0.4 is 0 Å². The first-order valence-corrected chi connectivity index (χ1v) is 4.19. The molecule has 0 aliphatic heterocycles. The molecule has 0 spiro atoms. The van der Waals surface area contributed by atoms with Gasteiger partial charge in [0.1, 0.15) is 0 Å². The third-order valence-electron chi connectivity index (χ3n) is 1.73. The molecule has 0 atom stereocenters. The van der Waals surface area contributed by atoms with Crippen LogP contribution in [0.5, 0.6) is 0 Å². The van der Waals surface area contributed by atoms with Crippen LogP contribution in [0.2, 0.25) is 5.15 Å². The Morgan fingerprint density at radius 2 is 2.15 bits per heavy atom. The molecule has 6 heteroatoms. The van der Waals surface area contributed by atoms with Crippen molar-refractivity contribution < 1.29 is 4.92 Å². The average Bonchev–Trinajstić information content (AvgIpc) is 2.29. The van der Waals surface area contributed by atoms with Crippen molar-refractivity contribution in [1.29, 1.82) is 0 Å². The molecule has 1 aromatic heterocycles. The van der Waals surface area contributed by atoms with Crippen molar-refractivity contribution in [3.8, 4) is 0 Å². The lowest BCUT2D eigenvalue weighted by atomic mass is 10.2. The fourth-order valence-corrected chi connectivity index (χ4v) is 1.31. The minimum Gasteiger partial charge on any atom is -0.358 e. The lowest BCUT2D eigenvalue weighted by Crippen LogP contribution is -1.99. The Bertz CT molecular complexity index is 346. The zero-order valence-corrected chi connectivity index (χ0v) is 8.37. The Labute approximate surface area is 80.5 Å². The molecule has 0 saturated carbocycles. The quantitative estimate of drug-likeness (QED) is 0.546. The fraction of sp³-hybridized carbons (Fsp3) is 0.571. The van der Waals surface area contributed by atoms with Crippen molar-refractivity contribution in [2.24, 2.45) is 7.05 Å². The number of imidazole rings is 1. The smallest absolute Gasteiger partial charge is 0.358 e. The van der Waals surface area contributed by atoms with E-state index in [-0.39, 0.29) is 16.9 Å². The number of nitrogens with zero attached hydrogens (tertiary/aromatic N) is 3.